The molecule has 0 fully saturated rings. The fraction of sp³-hybridized carbons (Fsp3) is 0.833. The Morgan fingerprint density at radius 1 is 1.08 bits per heavy atom. The summed E-state index contributed by atoms with van der Waals surface area (Å²) >= 11 is 0. The van der Waals surface area contributed by atoms with E-state index in [9.17, 15) is 0 Å². The van der Waals surface area contributed by atoms with Gasteiger partial charge in [-0.3, -0.25) is 0 Å². The van der Waals surface area contributed by atoms with E-state index in [0.29, 0.717) is 0 Å². The number of allylic oxidation sites excluding steroid dienone is 2. The molecule has 0 aliphatic rings. The van der Waals surface area contributed by atoms with Crippen molar-refractivity contribution >= 4 is 0 Å². The minimum absolute atomic E-state index is 0.882. The summed E-state index contributed by atoms with van der Waals surface area (Å²) in [7, 11) is 0. The summed E-state index contributed by atoms with van der Waals surface area (Å²) in [4.78, 5) is 0. The van der Waals surface area contributed by atoms with Gasteiger partial charge in [0.2, 0.25) is 0 Å². The molecule has 0 aliphatic carbocycles. The molecule has 0 saturated heterocycles. The third-order valence-corrected chi connectivity index (χ3v) is 2.07. The maximum absolute atomic E-state index is 5.52. The van der Waals surface area contributed by atoms with E-state index in [2.05, 4.69) is 26.8 Å². The highest BCUT2D eigenvalue weighted by atomic mass is 16.5. The molecule has 0 atom stereocenters. The molecule has 13 heavy (non-hydrogen) atoms. The van der Waals surface area contributed by atoms with Crippen LogP contribution in [0.15, 0.2) is 11.8 Å². The number of hydrogen-bond acceptors (Lipinski definition) is 1. The van der Waals surface area contributed by atoms with Gasteiger partial charge in [-0.1, -0.05) is 33.1 Å². The van der Waals surface area contributed by atoms with Gasteiger partial charge >= 0.3 is 0 Å². The van der Waals surface area contributed by atoms with Crippen molar-refractivity contribution in [2.45, 2.75) is 59.3 Å². The van der Waals surface area contributed by atoms with Crippen LogP contribution in [0.5, 0.6) is 0 Å². The van der Waals surface area contributed by atoms with Crippen molar-refractivity contribution in [2.75, 3.05) is 6.61 Å². The molecule has 0 unspecified atom stereocenters. The summed E-state index contributed by atoms with van der Waals surface area (Å²) < 4.78 is 5.52. The normalized spacial score (nSPS) is 11.8. The van der Waals surface area contributed by atoms with Crippen molar-refractivity contribution in [3.63, 3.8) is 0 Å². The molecule has 0 aromatic heterocycles. The molecule has 0 aromatic carbocycles. The zero-order valence-corrected chi connectivity index (χ0v) is 9.44. The Hall–Kier alpha value is -0.460. The molecule has 0 N–H and O–H groups in total. The van der Waals surface area contributed by atoms with Crippen molar-refractivity contribution in [3.8, 4) is 0 Å². The second-order valence-electron chi connectivity index (χ2n) is 3.51. The molecule has 0 heterocycles. The summed E-state index contributed by atoms with van der Waals surface area (Å²) in [6.07, 6.45) is 9.69. The quantitative estimate of drug-likeness (QED) is 0.404. The van der Waals surface area contributed by atoms with Crippen molar-refractivity contribution < 1.29 is 4.74 Å². The Kier molecular flexibility index (Phi) is 9.29. The van der Waals surface area contributed by atoms with E-state index in [0.717, 1.165) is 12.4 Å². The molecule has 0 bridgehead atoms. The maximum Gasteiger partial charge on any atom is 0.0889 e. The van der Waals surface area contributed by atoms with E-state index in [1.807, 2.05) is 0 Å². The predicted molar refractivity (Wildman–Crippen MR) is 58.8 cm³/mol. The first-order valence-electron chi connectivity index (χ1n) is 5.60. The first-order chi connectivity index (χ1) is 6.31. The molecule has 0 spiro atoms. The van der Waals surface area contributed by atoms with Crippen molar-refractivity contribution in [1.29, 1.82) is 0 Å². The summed E-state index contributed by atoms with van der Waals surface area (Å²) in [5, 5.41) is 0. The van der Waals surface area contributed by atoms with Crippen LogP contribution in [0, 0.1) is 0 Å². The van der Waals surface area contributed by atoms with Crippen LogP contribution in [0.3, 0.4) is 0 Å². The fourth-order valence-electron chi connectivity index (χ4n) is 1.14. The van der Waals surface area contributed by atoms with Crippen LogP contribution in [0.4, 0.5) is 0 Å². The van der Waals surface area contributed by atoms with Crippen molar-refractivity contribution in [3.05, 3.63) is 11.8 Å². The monoisotopic (exact) mass is 184 g/mol. The number of unbranched alkanes of at least 4 members (excludes halogenated alkanes) is 4. The van der Waals surface area contributed by atoms with Crippen LogP contribution in [0.2, 0.25) is 0 Å². The summed E-state index contributed by atoms with van der Waals surface area (Å²) in [6.45, 7) is 7.35. The first kappa shape index (κ1) is 12.5. The molecule has 1 nitrogen and oxygen atoms in total. The molecule has 0 rings (SSSR count). The highest BCUT2D eigenvalue weighted by Gasteiger charge is 1.89. The second-order valence-corrected chi connectivity index (χ2v) is 3.51. The van der Waals surface area contributed by atoms with Crippen LogP contribution in [0.25, 0.3) is 0 Å². The maximum atomic E-state index is 5.52. The van der Waals surface area contributed by atoms with Crippen molar-refractivity contribution in [2.24, 2.45) is 0 Å². The zero-order valence-electron chi connectivity index (χ0n) is 9.44. The van der Waals surface area contributed by atoms with Gasteiger partial charge in [-0.25, -0.2) is 0 Å². The van der Waals surface area contributed by atoms with Gasteiger partial charge in [-0.05, 0) is 32.3 Å². The van der Waals surface area contributed by atoms with Crippen LogP contribution >= 0.6 is 0 Å². The van der Waals surface area contributed by atoms with E-state index in [1.54, 1.807) is 0 Å². The van der Waals surface area contributed by atoms with Gasteiger partial charge in [-0.15, -0.1) is 0 Å². The first-order valence-corrected chi connectivity index (χ1v) is 5.60. The van der Waals surface area contributed by atoms with E-state index in [1.165, 1.54) is 38.5 Å². The zero-order chi connectivity index (χ0) is 9.94. The van der Waals surface area contributed by atoms with Crippen molar-refractivity contribution in [1.82, 2.24) is 0 Å². The van der Waals surface area contributed by atoms with Gasteiger partial charge in [0.25, 0.3) is 0 Å². The topological polar surface area (TPSA) is 9.23 Å². The molecule has 0 radical (unpaired) electrons. The Morgan fingerprint density at radius 2 is 1.77 bits per heavy atom. The molecule has 0 amide bonds. The SMILES string of the molecule is CCCCC/C=C(/C)OCCCC. The number of hydrogen-bond donors (Lipinski definition) is 0. The Bertz CT molecular complexity index is 127. The molecule has 0 saturated carbocycles. The lowest BCUT2D eigenvalue weighted by Crippen LogP contribution is -1.91. The van der Waals surface area contributed by atoms with Gasteiger partial charge in [0.15, 0.2) is 0 Å². The summed E-state index contributed by atoms with van der Waals surface area (Å²) in [6, 6.07) is 0. The average molecular weight is 184 g/mol. The largest absolute Gasteiger partial charge is 0.499 e. The fourth-order valence-corrected chi connectivity index (χ4v) is 1.14. The third kappa shape index (κ3) is 9.45. The van der Waals surface area contributed by atoms with Crippen LogP contribution in [-0.2, 0) is 4.74 Å². The molecule has 78 valence electrons. The highest BCUT2D eigenvalue weighted by molar-refractivity contribution is 4.87. The third-order valence-electron chi connectivity index (χ3n) is 2.07. The van der Waals surface area contributed by atoms with E-state index in [4.69, 9.17) is 4.74 Å². The van der Waals surface area contributed by atoms with Gasteiger partial charge in [0.1, 0.15) is 0 Å². The van der Waals surface area contributed by atoms with Crippen LogP contribution in [0.1, 0.15) is 59.3 Å². The van der Waals surface area contributed by atoms with E-state index < -0.39 is 0 Å². The van der Waals surface area contributed by atoms with Gasteiger partial charge < -0.3 is 4.74 Å². The van der Waals surface area contributed by atoms with Gasteiger partial charge in [0.05, 0.1) is 12.4 Å². The minimum Gasteiger partial charge on any atom is -0.499 e. The number of rotatable bonds is 8. The molecule has 1 heteroatoms. The van der Waals surface area contributed by atoms with E-state index >= 15 is 0 Å². The predicted octanol–water partition coefficient (Wildman–Crippen LogP) is 4.29. The lowest BCUT2D eigenvalue weighted by molar-refractivity contribution is 0.208. The number of ether oxygens (including phenoxy) is 1. The lowest BCUT2D eigenvalue weighted by Gasteiger charge is -2.04. The average Bonchev–Trinajstić information content (AvgIpc) is 2.13. The highest BCUT2D eigenvalue weighted by Crippen LogP contribution is 2.04. The minimum atomic E-state index is 0.882. The van der Waals surface area contributed by atoms with Crippen LogP contribution < -0.4 is 0 Å². The summed E-state index contributed by atoms with van der Waals surface area (Å²) in [5.74, 6) is 1.10. The molecular formula is C12H24O. The Labute approximate surface area is 83.2 Å². The van der Waals surface area contributed by atoms with Gasteiger partial charge in [-0.2, -0.15) is 0 Å². The smallest absolute Gasteiger partial charge is 0.0889 e. The second kappa shape index (κ2) is 9.63. The van der Waals surface area contributed by atoms with Crippen LogP contribution in [-0.4, -0.2) is 6.61 Å². The lowest BCUT2D eigenvalue weighted by atomic mass is 10.2. The van der Waals surface area contributed by atoms with Gasteiger partial charge in [0, 0.05) is 0 Å². The van der Waals surface area contributed by atoms with E-state index in [-0.39, 0.29) is 0 Å². The Morgan fingerprint density at radius 3 is 2.38 bits per heavy atom. The molecule has 0 aliphatic heterocycles. The Balaban J connectivity index is 3.29. The summed E-state index contributed by atoms with van der Waals surface area (Å²) in [5.41, 5.74) is 0. The standard InChI is InChI=1S/C12H24O/c1-4-6-8-9-10-12(3)13-11-7-5-2/h10H,4-9,11H2,1-3H3/b12-10-. The molecular weight excluding hydrogens is 160 g/mol. The molecule has 0 aromatic rings.